The zero-order valence-electron chi connectivity index (χ0n) is 10.0. The van der Waals surface area contributed by atoms with E-state index in [4.69, 9.17) is 0 Å². The second kappa shape index (κ2) is 5.40. The van der Waals surface area contributed by atoms with E-state index >= 15 is 0 Å². The number of carbonyl (C=O) groups excluding carboxylic acids is 2. The molecule has 6 nitrogen and oxygen atoms in total. The van der Waals surface area contributed by atoms with Crippen LogP contribution < -0.4 is 5.32 Å². The summed E-state index contributed by atoms with van der Waals surface area (Å²) in [5, 5.41) is 2.36. The minimum Gasteiger partial charge on any atom is -0.464 e. The molecule has 102 valence electrons. The second-order valence-corrected chi connectivity index (χ2v) is 6.14. The zero-order chi connectivity index (χ0) is 13.9. The monoisotopic (exact) mass is 283 g/mol. The van der Waals surface area contributed by atoms with Gasteiger partial charge in [-0.15, -0.1) is 0 Å². The summed E-state index contributed by atoms with van der Waals surface area (Å²) in [5.41, 5.74) is 0. The lowest BCUT2D eigenvalue weighted by Crippen LogP contribution is -2.41. The van der Waals surface area contributed by atoms with Crippen LogP contribution in [0.25, 0.3) is 0 Å². The van der Waals surface area contributed by atoms with E-state index in [1.165, 1.54) is 12.1 Å². The molecular weight excluding hydrogens is 270 g/mol. The van der Waals surface area contributed by atoms with Crippen LogP contribution in [0.3, 0.4) is 0 Å². The van der Waals surface area contributed by atoms with Crippen LogP contribution in [0.5, 0.6) is 0 Å². The van der Waals surface area contributed by atoms with Gasteiger partial charge in [0.25, 0.3) is 0 Å². The molecule has 1 aliphatic heterocycles. The summed E-state index contributed by atoms with van der Waals surface area (Å²) < 4.78 is 28.5. The molecule has 0 saturated carbocycles. The van der Waals surface area contributed by atoms with Crippen molar-refractivity contribution in [2.75, 3.05) is 12.4 Å². The summed E-state index contributed by atoms with van der Waals surface area (Å²) in [5.74, 6) is -1.90. The number of ether oxygens (including phenoxy) is 1. The van der Waals surface area contributed by atoms with Crippen molar-refractivity contribution >= 4 is 21.7 Å². The molecule has 1 heterocycles. The fraction of sp³-hybridized carbons (Fsp3) is 0.333. The minimum absolute atomic E-state index is 0.0825. The number of rotatable bonds is 4. The van der Waals surface area contributed by atoms with Gasteiger partial charge < -0.3 is 10.1 Å². The maximum Gasteiger partial charge on any atom is 0.328 e. The molecule has 0 unspecified atom stereocenters. The quantitative estimate of drug-likeness (QED) is 0.779. The topological polar surface area (TPSA) is 89.5 Å². The van der Waals surface area contributed by atoms with Crippen molar-refractivity contribution in [3.8, 4) is 0 Å². The van der Waals surface area contributed by atoms with Crippen molar-refractivity contribution in [1.82, 2.24) is 5.32 Å². The molecule has 2 rings (SSSR count). The number of carbonyl (C=O) groups is 2. The van der Waals surface area contributed by atoms with Gasteiger partial charge in [0.2, 0.25) is 5.91 Å². The lowest BCUT2D eigenvalue weighted by atomic mass is 10.2. The van der Waals surface area contributed by atoms with Crippen LogP contribution in [0.1, 0.15) is 6.42 Å². The van der Waals surface area contributed by atoms with Crippen molar-refractivity contribution in [1.29, 1.82) is 0 Å². The molecular formula is C12H13NO5S. The Labute approximate surface area is 110 Å². The number of hydrogen-bond donors (Lipinski definition) is 1. The highest BCUT2D eigenvalue weighted by Crippen LogP contribution is 2.11. The Kier molecular flexibility index (Phi) is 3.84. The van der Waals surface area contributed by atoms with Crippen LogP contribution in [-0.2, 0) is 24.2 Å². The number of amides is 1. The van der Waals surface area contributed by atoms with E-state index < -0.39 is 33.5 Å². The van der Waals surface area contributed by atoms with Crippen molar-refractivity contribution in [2.45, 2.75) is 17.4 Å². The summed E-state index contributed by atoms with van der Waals surface area (Å²) in [6.45, 7) is 0.245. The molecule has 0 bridgehead atoms. The fourth-order valence-electron chi connectivity index (χ4n) is 1.75. The Bertz CT molecular complexity index is 581. The third kappa shape index (κ3) is 3.31. The van der Waals surface area contributed by atoms with Gasteiger partial charge in [0.1, 0.15) is 11.8 Å². The van der Waals surface area contributed by atoms with E-state index in [1.807, 2.05) is 0 Å². The van der Waals surface area contributed by atoms with Gasteiger partial charge in [-0.25, -0.2) is 13.2 Å². The predicted molar refractivity (Wildman–Crippen MR) is 66.0 cm³/mol. The summed E-state index contributed by atoms with van der Waals surface area (Å²) in [6.07, 6.45) is 0.371. The Balaban J connectivity index is 2.01. The predicted octanol–water partition coefficient (Wildman–Crippen LogP) is -0.108. The summed E-state index contributed by atoms with van der Waals surface area (Å²) >= 11 is 0. The average molecular weight is 283 g/mol. The molecule has 1 aromatic rings. The zero-order valence-corrected chi connectivity index (χ0v) is 10.9. The molecule has 7 heteroatoms. The third-order valence-electron chi connectivity index (χ3n) is 2.69. The standard InChI is InChI=1S/C12H13NO5S/c14-11(13-10-6-7-18-12(10)15)8-19(16,17)9-4-2-1-3-5-9/h1-5,10H,6-8H2,(H,13,14)/t10-/m0/s1. The molecule has 1 aromatic carbocycles. The Morgan fingerprint density at radius 2 is 2.00 bits per heavy atom. The summed E-state index contributed by atoms with van der Waals surface area (Å²) in [7, 11) is -3.68. The first-order valence-corrected chi connectivity index (χ1v) is 7.38. The van der Waals surface area contributed by atoms with Crippen molar-refractivity contribution in [3.05, 3.63) is 30.3 Å². The third-order valence-corrected chi connectivity index (χ3v) is 4.33. The molecule has 1 saturated heterocycles. The van der Waals surface area contributed by atoms with Crippen LogP contribution in [-0.4, -0.2) is 38.7 Å². The van der Waals surface area contributed by atoms with E-state index in [0.29, 0.717) is 6.42 Å². The van der Waals surface area contributed by atoms with Gasteiger partial charge in [-0.05, 0) is 12.1 Å². The van der Waals surface area contributed by atoms with Gasteiger partial charge in [0, 0.05) is 6.42 Å². The van der Waals surface area contributed by atoms with E-state index in [9.17, 15) is 18.0 Å². The van der Waals surface area contributed by atoms with Crippen LogP contribution in [0.4, 0.5) is 0 Å². The molecule has 1 atom stereocenters. The molecule has 0 spiro atoms. The molecule has 19 heavy (non-hydrogen) atoms. The van der Waals surface area contributed by atoms with Crippen molar-refractivity contribution in [2.24, 2.45) is 0 Å². The maximum absolute atomic E-state index is 11.9. The lowest BCUT2D eigenvalue weighted by molar-refractivity contribution is -0.141. The normalized spacial score (nSPS) is 18.9. The van der Waals surface area contributed by atoms with Crippen molar-refractivity contribution < 1.29 is 22.7 Å². The molecule has 1 amide bonds. The molecule has 1 aliphatic rings. The molecule has 0 aliphatic carbocycles. The maximum atomic E-state index is 11.9. The largest absolute Gasteiger partial charge is 0.464 e. The first-order chi connectivity index (χ1) is 8.99. The van der Waals surface area contributed by atoms with Gasteiger partial charge >= 0.3 is 5.97 Å². The van der Waals surface area contributed by atoms with Gasteiger partial charge in [-0.3, -0.25) is 4.79 Å². The van der Waals surface area contributed by atoms with Crippen molar-refractivity contribution in [3.63, 3.8) is 0 Å². The minimum atomic E-state index is -3.68. The first-order valence-electron chi connectivity index (χ1n) is 5.73. The van der Waals surface area contributed by atoms with Gasteiger partial charge in [-0.1, -0.05) is 18.2 Å². The van der Waals surface area contributed by atoms with Gasteiger partial charge in [0.05, 0.1) is 11.5 Å². The smallest absolute Gasteiger partial charge is 0.328 e. The van der Waals surface area contributed by atoms with E-state index in [1.54, 1.807) is 18.2 Å². The number of hydrogen-bond acceptors (Lipinski definition) is 5. The number of nitrogens with one attached hydrogen (secondary N) is 1. The van der Waals surface area contributed by atoms with E-state index in [-0.39, 0.29) is 11.5 Å². The lowest BCUT2D eigenvalue weighted by Gasteiger charge is -2.09. The van der Waals surface area contributed by atoms with Crippen LogP contribution >= 0.6 is 0 Å². The number of sulfone groups is 1. The fourth-order valence-corrected chi connectivity index (χ4v) is 2.91. The number of benzene rings is 1. The van der Waals surface area contributed by atoms with Gasteiger partial charge in [0.15, 0.2) is 9.84 Å². The average Bonchev–Trinajstić information content (AvgIpc) is 2.75. The Hall–Kier alpha value is -1.89. The summed E-state index contributed by atoms with van der Waals surface area (Å²) in [4.78, 5) is 22.9. The first kappa shape index (κ1) is 13.5. The second-order valence-electron chi connectivity index (χ2n) is 4.15. The molecule has 0 radical (unpaired) electrons. The van der Waals surface area contributed by atoms with Crippen LogP contribution in [0, 0.1) is 0 Å². The Morgan fingerprint density at radius 1 is 1.32 bits per heavy atom. The highest BCUT2D eigenvalue weighted by Gasteiger charge is 2.29. The Morgan fingerprint density at radius 3 is 2.58 bits per heavy atom. The summed E-state index contributed by atoms with van der Waals surface area (Å²) in [6, 6.07) is 6.96. The number of esters is 1. The SMILES string of the molecule is O=C(CS(=O)(=O)c1ccccc1)N[C@H]1CCOC1=O. The van der Waals surface area contributed by atoms with Gasteiger partial charge in [-0.2, -0.15) is 0 Å². The number of cyclic esters (lactones) is 1. The van der Waals surface area contributed by atoms with E-state index in [2.05, 4.69) is 10.1 Å². The van der Waals surface area contributed by atoms with E-state index in [0.717, 1.165) is 0 Å². The van der Waals surface area contributed by atoms with Crippen LogP contribution in [0.15, 0.2) is 35.2 Å². The highest BCUT2D eigenvalue weighted by molar-refractivity contribution is 7.92. The highest BCUT2D eigenvalue weighted by atomic mass is 32.2. The molecule has 1 fully saturated rings. The molecule has 0 aromatic heterocycles. The van der Waals surface area contributed by atoms with Crippen LogP contribution in [0.2, 0.25) is 0 Å². The molecule has 1 N–H and O–H groups in total.